The van der Waals surface area contributed by atoms with Gasteiger partial charge < -0.3 is 5.32 Å². The lowest BCUT2D eigenvalue weighted by Crippen LogP contribution is -2.18. The molecule has 0 heterocycles. The van der Waals surface area contributed by atoms with Gasteiger partial charge in [0.05, 0.1) is 11.1 Å². The van der Waals surface area contributed by atoms with E-state index in [0.29, 0.717) is 17.2 Å². The molecule has 162 valence electrons. The van der Waals surface area contributed by atoms with Gasteiger partial charge in [0.2, 0.25) is 0 Å². The van der Waals surface area contributed by atoms with Crippen LogP contribution in [0.5, 0.6) is 0 Å². The van der Waals surface area contributed by atoms with Crippen LogP contribution in [0.2, 0.25) is 0 Å². The first-order valence-corrected chi connectivity index (χ1v) is 9.92. The van der Waals surface area contributed by atoms with Gasteiger partial charge in [-0.15, -0.1) is 0 Å². The highest BCUT2D eigenvalue weighted by Crippen LogP contribution is 2.16. The Hall–Kier alpha value is -4.33. The molecule has 32 heavy (non-hydrogen) atoms. The molecule has 0 spiro atoms. The maximum absolute atomic E-state index is 12.4. The highest BCUT2D eigenvalue weighted by Gasteiger charge is 2.11. The summed E-state index contributed by atoms with van der Waals surface area (Å²) in [7, 11) is 0. The topological polar surface area (TPSA) is 114 Å². The fourth-order valence-corrected chi connectivity index (χ4v) is 2.87. The summed E-state index contributed by atoms with van der Waals surface area (Å²) in [4.78, 5) is 34.9. The largest absolute Gasteiger partial charge is 0.322 e. The number of amides is 2. The fraction of sp³-hybridized carbons (Fsp3) is 0.125. The van der Waals surface area contributed by atoms with Crippen LogP contribution >= 0.6 is 0 Å². The molecule has 3 rings (SSSR count). The standard InChI is InChI=1S/C24H22N4O4/c1-16(2)18-8-6-17(7-9-18)15-25-27-24(30)20-4-3-5-21(14-20)26-23(29)19-10-12-22(13-11-19)28(31)32/h3-16H,1-2H3,(H,26,29)(H,27,30). The van der Waals surface area contributed by atoms with Crippen LogP contribution in [0.4, 0.5) is 11.4 Å². The molecule has 3 aromatic carbocycles. The number of nitro benzene ring substituents is 1. The Bertz CT molecular complexity index is 1150. The Morgan fingerprint density at radius 1 is 0.938 bits per heavy atom. The van der Waals surface area contributed by atoms with Crippen molar-refractivity contribution in [3.05, 3.63) is 105 Å². The molecule has 0 unspecified atom stereocenters. The van der Waals surface area contributed by atoms with E-state index in [1.807, 2.05) is 24.3 Å². The molecule has 0 aliphatic rings. The third-order valence-corrected chi connectivity index (χ3v) is 4.71. The third-order valence-electron chi connectivity index (χ3n) is 4.71. The van der Waals surface area contributed by atoms with Gasteiger partial charge in [-0.05, 0) is 47.4 Å². The summed E-state index contributed by atoms with van der Waals surface area (Å²) >= 11 is 0. The average molecular weight is 430 g/mol. The van der Waals surface area contributed by atoms with Gasteiger partial charge in [-0.3, -0.25) is 19.7 Å². The van der Waals surface area contributed by atoms with Crippen molar-refractivity contribution < 1.29 is 14.5 Å². The molecule has 0 radical (unpaired) electrons. The number of nitrogens with zero attached hydrogens (tertiary/aromatic N) is 2. The summed E-state index contributed by atoms with van der Waals surface area (Å²) in [6.07, 6.45) is 1.56. The summed E-state index contributed by atoms with van der Waals surface area (Å²) in [5.41, 5.74) is 5.44. The highest BCUT2D eigenvalue weighted by molar-refractivity contribution is 6.05. The van der Waals surface area contributed by atoms with Crippen molar-refractivity contribution in [3.63, 3.8) is 0 Å². The maximum Gasteiger partial charge on any atom is 0.271 e. The lowest BCUT2D eigenvalue weighted by atomic mass is 10.0. The van der Waals surface area contributed by atoms with Crippen LogP contribution in [0.3, 0.4) is 0 Å². The zero-order valence-electron chi connectivity index (χ0n) is 17.6. The van der Waals surface area contributed by atoms with Crippen molar-refractivity contribution in [2.24, 2.45) is 5.10 Å². The van der Waals surface area contributed by atoms with Gasteiger partial charge in [-0.25, -0.2) is 5.43 Å². The number of hydrogen-bond acceptors (Lipinski definition) is 5. The molecular weight excluding hydrogens is 408 g/mol. The van der Waals surface area contributed by atoms with Crippen LogP contribution in [-0.2, 0) is 0 Å². The van der Waals surface area contributed by atoms with E-state index < -0.39 is 16.7 Å². The smallest absolute Gasteiger partial charge is 0.271 e. The Labute approximate surface area is 185 Å². The first-order chi connectivity index (χ1) is 15.3. The van der Waals surface area contributed by atoms with E-state index in [1.165, 1.54) is 35.9 Å². The lowest BCUT2D eigenvalue weighted by Gasteiger charge is -2.07. The summed E-state index contributed by atoms with van der Waals surface area (Å²) < 4.78 is 0. The van der Waals surface area contributed by atoms with Gasteiger partial charge >= 0.3 is 0 Å². The molecule has 3 aromatic rings. The number of hydrazone groups is 1. The van der Waals surface area contributed by atoms with E-state index >= 15 is 0 Å². The first-order valence-electron chi connectivity index (χ1n) is 9.92. The molecular formula is C24H22N4O4. The normalized spacial score (nSPS) is 10.8. The number of non-ortho nitro benzene ring substituents is 1. The second-order valence-corrected chi connectivity index (χ2v) is 7.36. The van der Waals surface area contributed by atoms with Crippen LogP contribution in [0.15, 0.2) is 77.9 Å². The Morgan fingerprint density at radius 3 is 2.25 bits per heavy atom. The van der Waals surface area contributed by atoms with Gasteiger partial charge in [0.1, 0.15) is 0 Å². The number of benzene rings is 3. The van der Waals surface area contributed by atoms with Crippen molar-refractivity contribution in [3.8, 4) is 0 Å². The van der Waals surface area contributed by atoms with E-state index in [1.54, 1.807) is 24.4 Å². The van der Waals surface area contributed by atoms with Gasteiger partial charge in [-0.1, -0.05) is 44.2 Å². The van der Waals surface area contributed by atoms with Crippen LogP contribution in [0.25, 0.3) is 0 Å². The maximum atomic E-state index is 12.4. The average Bonchev–Trinajstić information content (AvgIpc) is 2.79. The summed E-state index contributed by atoms with van der Waals surface area (Å²) in [5, 5.41) is 17.4. The minimum atomic E-state index is -0.535. The predicted molar refractivity (Wildman–Crippen MR) is 123 cm³/mol. The molecule has 0 saturated carbocycles. The lowest BCUT2D eigenvalue weighted by molar-refractivity contribution is -0.384. The summed E-state index contributed by atoms with van der Waals surface area (Å²) in [6, 6.07) is 19.5. The van der Waals surface area contributed by atoms with Crippen LogP contribution in [-0.4, -0.2) is 23.0 Å². The molecule has 2 amide bonds. The van der Waals surface area contributed by atoms with Crippen molar-refractivity contribution in [2.45, 2.75) is 19.8 Å². The Morgan fingerprint density at radius 2 is 1.62 bits per heavy atom. The van der Waals surface area contributed by atoms with Crippen molar-refractivity contribution >= 4 is 29.4 Å². The van der Waals surface area contributed by atoms with Gasteiger partial charge in [0.15, 0.2) is 0 Å². The van der Waals surface area contributed by atoms with Crippen LogP contribution in [0, 0.1) is 10.1 Å². The second kappa shape index (κ2) is 10.1. The van der Waals surface area contributed by atoms with E-state index in [-0.39, 0.29) is 11.3 Å². The summed E-state index contributed by atoms with van der Waals surface area (Å²) in [6.45, 7) is 4.23. The minimum absolute atomic E-state index is 0.100. The van der Waals surface area contributed by atoms with Crippen molar-refractivity contribution in [2.75, 3.05) is 5.32 Å². The zero-order valence-corrected chi connectivity index (χ0v) is 17.6. The fourth-order valence-electron chi connectivity index (χ4n) is 2.87. The number of carbonyl (C=O) groups excluding carboxylic acids is 2. The third kappa shape index (κ3) is 5.85. The molecule has 0 atom stereocenters. The molecule has 0 saturated heterocycles. The Kier molecular flexibility index (Phi) is 7.07. The van der Waals surface area contributed by atoms with Gasteiger partial charge in [0, 0.05) is 28.9 Å². The molecule has 0 aromatic heterocycles. The highest BCUT2D eigenvalue weighted by atomic mass is 16.6. The number of carbonyl (C=O) groups is 2. The molecule has 0 aliphatic heterocycles. The number of anilines is 1. The van der Waals surface area contributed by atoms with Gasteiger partial charge in [-0.2, -0.15) is 5.10 Å². The zero-order chi connectivity index (χ0) is 23.1. The molecule has 8 heteroatoms. The van der Waals surface area contributed by atoms with Crippen molar-refractivity contribution in [1.82, 2.24) is 5.43 Å². The number of nitro groups is 1. The van der Waals surface area contributed by atoms with Crippen LogP contribution < -0.4 is 10.7 Å². The number of nitrogens with one attached hydrogen (secondary N) is 2. The van der Waals surface area contributed by atoms with Gasteiger partial charge in [0.25, 0.3) is 17.5 Å². The predicted octanol–water partition coefficient (Wildman–Crippen LogP) is 4.73. The molecule has 0 fully saturated rings. The quantitative estimate of drug-likeness (QED) is 0.320. The SMILES string of the molecule is CC(C)c1ccc(C=NNC(=O)c2cccc(NC(=O)c3ccc([N+](=O)[O-])cc3)c2)cc1. The number of rotatable bonds is 7. The van der Waals surface area contributed by atoms with E-state index in [0.717, 1.165) is 5.56 Å². The second-order valence-electron chi connectivity index (χ2n) is 7.36. The molecule has 8 nitrogen and oxygen atoms in total. The van der Waals surface area contributed by atoms with E-state index in [4.69, 9.17) is 0 Å². The monoisotopic (exact) mass is 430 g/mol. The summed E-state index contributed by atoms with van der Waals surface area (Å²) in [5.74, 6) is -0.430. The Balaban J connectivity index is 1.61. The van der Waals surface area contributed by atoms with Crippen molar-refractivity contribution in [1.29, 1.82) is 0 Å². The molecule has 2 N–H and O–H groups in total. The minimum Gasteiger partial charge on any atom is -0.322 e. The van der Waals surface area contributed by atoms with E-state index in [2.05, 4.69) is 29.7 Å². The molecule has 0 bridgehead atoms. The first kappa shape index (κ1) is 22.4. The molecule has 0 aliphatic carbocycles. The van der Waals surface area contributed by atoms with E-state index in [9.17, 15) is 19.7 Å². The number of hydrogen-bond donors (Lipinski definition) is 2. The van der Waals surface area contributed by atoms with Crippen LogP contribution in [0.1, 0.15) is 51.6 Å².